The van der Waals surface area contributed by atoms with Crippen LogP contribution in [0.5, 0.6) is 5.75 Å². The van der Waals surface area contributed by atoms with E-state index in [0.29, 0.717) is 32.4 Å². The van der Waals surface area contributed by atoms with Gasteiger partial charge in [0.2, 0.25) is 23.6 Å². The Morgan fingerprint density at radius 2 is 1.58 bits per heavy atom. The topological polar surface area (TPSA) is 141 Å². The van der Waals surface area contributed by atoms with E-state index in [4.69, 9.17) is 4.74 Å². The number of nitrogens with zero attached hydrogens (tertiary/aromatic N) is 3. The molecule has 0 unspecified atom stereocenters. The number of carbonyl (C=O) groups excluding carboxylic acids is 4. The number of amides is 4. The number of likely N-dealkylation sites (N-methyl/N-ethyl adjacent to an activating group) is 1. The van der Waals surface area contributed by atoms with E-state index in [-0.39, 0.29) is 49.6 Å². The van der Waals surface area contributed by atoms with Crippen molar-refractivity contribution in [3.05, 3.63) is 155 Å². The quantitative estimate of drug-likeness (QED) is 0.0380. The van der Waals surface area contributed by atoms with Crippen LogP contribution in [0.1, 0.15) is 87.2 Å². The van der Waals surface area contributed by atoms with Crippen LogP contribution in [-0.2, 0) is 25.7 Å². The summed E-state index contributed by atoms with van der Waals surface area (Å²) in [6, 6.07) is 35.3. The number of benzene rings is 4. The summed E-state index contributed by atoms with van der Waals surface area (Å²) in [5, 5.41) is 16.3. The van der Waals surface area contributed by atoms with Crippen LogP contribution in [0.3, 0.4) is 0 Å². The van der Waals surface area contributed by atoms with Crippen molar-refractivity contribution in [3.8, 4) is 16.2 Å². The number of rotatable bonds is 21. The molecule has 0 radical (unpaired) electrons. The van der Waals surface area contributed by atoms with Gasteiger partial charge in [-0.3, -0.25) is 19.2 Å². The number of β-amino-alcohol motifs (C(OH)–C–C–N with tert-alkyl or cyclic N) is 1. The number of aryl methyl sites for hydroxylation is 1. The normalized spacial score (nSPS) is 15.7. The van der Waals surface area contributed by atoms with E-state index in [1.165, 1.54) is 21.6 Å². The first-order chi connectivity index (χ1) is 31.9. The van der Waals surface area contributed by atoms with Crippen LogP contribution in [0.25, 0.3) is 21.6 Å². The monoisotopic (exact) mass is 909 g/mol. The molecule has 11 nitrogen and oxygen atoms in total. The summed E-state index contributed by atoms with van der Waals surface area (Å²) in [6.45, 7) is 8.92. The van der Waals surface area contributed by atoms with E-state index < -0.39 is 24.1 Å². The maximum Gasteiger partial charge on any atom is 0.246 e. The highest BCUT2D eigenvalue weighted by Gasteiger charge is 2.42. The van der Waals surface area contributed by atoms with Crippen LogP contribution in [0.4, 0.5) is 0 Å². The molecule has 4 amide bonds. The molecule has 0 aliphatic carbocycles. The van der Waals surface area contributed by atoms with Crippen LogP contribution in [0.2, 0.25) is 0 Å². The SMILES string of the molecule is CC/C(=C(\c1ccccc1)c1ccc(OCCN(C)C(=O)CCC/C=C/CC(=O)N[C@H](C(=O)N2C[C@H](O)C[C@H]2C(=O)NCc2ccc(-c3scnc3C)cc2)C(C)C)cc1)c1ccccc1. The minimum Gasteiger partial charge on any atom is -0.492 e. The number of aliphatic hydroxyl groups is 1. The van der Waals surface area contributed by atoms with Crippen LogP contribution >= 0.6 is 11.3 Å². The lowest BCUT2D eigenvalue weighted by Gasteiger charge is -2.30. The smallest absolute Gasteiger partial charge is 0.246 e. The second kappa shape index (κ2) is 24.2. The number of carbonyl (C=O) groups is 4. The van der Waals surface area contributed by atoms with Gasteiger partial charge in [0, 0.05) is 39.4 Å². The second-order valence-corrected chi connectivity index (χ2v) is 17.9. The number of hydrogen-bond acceptors (Lipinski definition) is 8. The Morgan fingerprint density at radius 3 is 2.21 bits per heavy atom. The highest BCUT2D eigenvalue weighted by atomic mass is 32.1. The zero-order valence-electron chi connectivity index (χ0n) is 38.7. The number of thiazole rings is 1. The van der Waals surface area contributed by atoms with Gasteiger partial charge in [-0.2, -0.15) is 0 Å². The van der Waals surface area contributed by atoms with Crippen molar-refractivity contribution in [3.63, 3.8) is 0 Å². The fraction of sp³-hybridized carbons (Fsp3) is 0.352. The Labute approximate surface area is 393 Å². The first kappa shape index (κ1) is 49.1. The fourth-order valence-electron chi connectivity index (χ4n) is 8.19. The van der Waals surface area contributed by atoms with Crippen LogP contribution < -0.4 is 15.4 Å². The summed E-state index contributed by atoms with van der Waals surface area (Å²) in [7, 11) is 1.77. The third-order valence-electron chi connectivity index (χ3n) is 11.9. The van der Waals surface area contributed by atoms with Gasteiger partial charge in [-0.25, -0.2) is 4.98 Å². The van der Waals surface area contributed by atoms with E-state index in [1.807, 2.05) is 80.9 Å². The van der Waals surface area contributed by atoms with Crippen LogP contribution in [-0.4, -0.2) is 88.5 Å². The summed E-state index contributed by atoms with van der Waals surface area (Å²) in [5.41, 5.74) is 10.7. The number of ether oxygens (including phenoxy) is 1. The van der Waals surface area contributed by atoms with Crippen molar-refractivity contribution in [1.29, 1.82) is 0 Å². The second-order valence-electron chi connectivity index (χ2n) is 17.1. The minimum absolute atomic E-state index is 0.0115. The van der Waals surface area contributed by atoms with Gasteiger partial charge in [0.25, 0.3) is 0 Å². The molecule has 66 heavy (non-hydrogen) atoms. The Bertz CT molecular complexity index is 2430. The largest absolute Gasteiger partial charge is 0.492 e. The van der Waals surface area contributed by atoms with Gasteiger partial charge in [0.05, 0.1) is 28.7 Å². The molecule has 3 N–H and O–H groups in total. The average molecular weight is 910 g/mol. The maximum atomic E-state index is 13.8. The number of aliphatic hydroxyl groups excluding tert-OH is 1. The molecule has 1 aromatic heterocycles. The predicted molar refractivity (Wildman–Crippen MR) is 263 cm³/mol. The summed E-state index contributed by atoms with van der Waals surface area (Å²) >= 11 is 1.58. The molecule has 6 rings (SSSR count). The molecule has 1 aliphatic rings. The van der Waals surface area contributed by atoms with Gasteiger partial charge in [0.15, 0.2) is 0 Å². The molecule has 12 heteroatoms. The summed E-state index contributed by atoms with van der Waals surface area (Å²) in [4.78, 5) is 61.6. The lowest BCUT2D eigenvalue weighted by atomic mass is 9.88. The Kier molecular flexibility index (Phi) is 18.0. The first-order valence-corrected chi connectivity index (χ1v) is 23.8. The van der Waals surface area contributed by atoms with Crippen molar-refractivity contribution >= 4 is 46.1 Å². The van der Waals surface area contributed by atoms with Gasteiger partial charge in [-0.15, -0.1) is 11.3 Å². The lowest BCUT2D eigenvalue weighted by Crippen LogP contribution is -2.55. The molecular weight excluding hydrogens is 847 g/mol. The van der Waals surface area contributed by atoms with E-state index in [0.717, 1.165) is 45.0 Å². The number of allylic oxidation sites excluding steroid dienone is 2. The zero-order chi connectivity index (χ0) is 47.0. The molecule has 3 atom stereocenters. The number of aromatic nitrogens is 1. The summed E-state index contributed by atoms with van der Waals surface area (Å²) < 4.78 is 6.05. The molecule has 346 valence electrons. The minimum atomic E-state index is -0.866. The van der Waals surface area contributed by atoms with E-state index in [2.05, 4.69) is 83.2 Å². The van der Waals surface area contributed by atoms with E-state index in [1.54, 1.807) is 29.4 Å². The molecule has 0 saturated carbocycles. The molecular formula is C54H63N5O6S. The zero-order valence-corrected chi connectivity index (χ0v) is 39.6. The van der Waals surface area contributed by atoms with Gasteiger partial charge in [-0.1, -0.05) is 130 Å². The molecule has 2 heterocycles. The number of unbranched alkanes of at least 4 members (excludes halogenated alkanes) is 1. The number of hydrogen-bond donors (Lipinski definition) is 3. The Hall–Kier alpha value is -6.37. The highest BCUT2D eigenvalue weighted by molar-refractivity contribution is 7.13. The van der Waals surface area contributed by atoms with Crippen LogP contribution in [0, 0.1) is 12.8 Å². The Balaban J connectivity index is 0.905. The van der Waals surface area contributed by atoms with Crippen molar-refractivity contribution in [1.82, 2.24) is 25.4 Å². The molecule has 0 bridgehead atoms. The molecule has 1 aliphatic heterocycles. The Morgan fingerprint density at radius 1 is 0.909 bits per heavy atom. The maximum absolute atomic E-state index is 13.8. The molecule has 5 aromatic rings. The van der Waals surface area contributed by atoms with Gasteiger partial charge in [0.1, 0.15) is 24.4 Å². The summed E-state index contributed by atoms with van der Waals surface area (Å²) in [5.74, 6) is -0.580. The predicted octanol–water partition coefficient (Wildman–Crippen LogP) is 8.86. The fourth-order valence-corrected chi connectivity index (χ4v) is 9.00. The molecule has 4 aromatic carbocycles. The first-order valence-electron chi connectivity index (χ1n) is 22.9. The highest BCUT2D eigenvalue weighted by Crippen LogP contribution is 2.35. The third-order valence-corrected chi connectivity index (χ3v) is 12.9. The molecule has 1 fully saturated rings. The van der Waals surface area contributed by atoms with Crippen LogP contribution in [0.15, 0.2) is 127 Å². The van der Waals surface area contributed by atoms with Crippen molar-refractivity contribution in [2.24, 2.45) is 5.92 Å². The van der Waals surface area contributed by atoms with E-state index >= 15 is 0 Å². The van der Waals surface area contributed by atoms with E-state index in [9.17, 15) is 24.3 Å². The number of nitrogens with one attached hydrogen (secondary N) is 2. The molecule has 1 saturated heterocycles. The van der Waals surface area contributed by atoms with Crippen molar-refractivity contribution in [2.45, 2.75) is 91.0 Å². The summed E-state index contributed by atoms with van der Waals surface area (Å²) in [6.07, 6.45) is 5.43. The van der Waals surface area contributed by atoms with Crippen molar-refractivity contribution in [2.75, 3.05) is 26.7 Å². The van der Waals surface area contributed by atoms with Gasteiger partial charge in [-0.05, 0) is 83.2 Å². The average Bonchev–Trinajstić information content (AvgIpc) is 3.95. The van der Waals surface area contributed by atoms with Gasteiger partial charge < -0.3 is 30.3 Å². The lowest BCUT2D eigenvalue weighted by molar-refractivity contribution is -0.142. The molecule has 0 spiro atoms. The number of likely N-dealkylation sites (tertiary alicyclic amines) is 1. The third kappa shape index (κ3) is 13.4. The van der Waals surface area contributed by atoms with Crippen molar-refractivity contribution < 1.29 is 29.0 Å². The standard InChI is InChI=1S/C54H63N5O6S/c1-6-46(40-17-11-9-12-18-40)50(41-19-13-10-14-20-41)42-27-29-45(30-28-42)65-32-31-58(5)49(62)22-16-8-7-15-21-48(61)57-51(37(2)3)54(64)59-35-44(60)33-47(59)53(63)55-34-39-23-25-43(26-24-39)52-38(4)56-36-66-52/h7,9-15,17-20,23-30,36-37,44,47,51,60H,6,8,16,21-22,31-35H2,1-5H3,(H,55,63)(H,57,61)/b15-7+,50-46-/t44-,47+,51+/m1/s1. The van der Waals surface area contributed by atoms with Gasteiger partial charge >= 0.3 is 0 Å².